The van der Waals surface area contributed by atoms with Crippen LogP contribution in [0.25, 0.3) is 0 Å². The van der Waals surface area contributed by atoms with Crippen molar-refractivity contribution in [3.8, 4) is 5.75 Å². The Morgan fingerprint density at radius 3 is 2.57 bits per heavy atom. The topological polar surface area (TPSA) is 47.0 Å². The monoisotopic (exact) mass is 323 g/mol. The molecule has 2 unspecified atom stereocenters. The Morgan fingerprint density at radius 2 is 2.05 bits per heavy atom. The molecule has 4 nitrogen and oxygen atoms in total. The Bertz CT molecular complexity index is 556. The molecule has 0 spiro atoms. The van der Waals surface area contributed by atoms with Gasteiger partial charge in [-0.15, -0.1) is 0 Å². The minimum atomic E-state index is 0.273. The summed E-state index contributed by atoms with van der Waals surface area (Å²) in [4.78, 5) is 4.44. The third kappa shape index (κ3) is 4.43. The second-order valence-corrected chi connectivity index (χ2v) is 7.12. The van der Waals surface area contributed by atoms with E-state index in [1.807, 2.05) is 19.1 Å². The first-order valence-corrected chi connectivity index (χ1v) is 8.63. The lowest BCUT2D eigenvalue weighted by molar-refractivity contribution is 0.414. The molecule has 0 aliphatic rings. The Hall–Kier alpha value is -1.11. The summed E-state index contributed by atoms with van der Waals surface area (Å²) in [7, 11) is 1.69. The van der Waals surface area contributed by atoms with Gasteiger partial charge in [-0.05, 0) is 42.7 Å². The highest BCUT2D eigenvalue weighted by Gasteiger charge is 2.21. The van der Waals surface area contributed by atoms with Crippen LogP contribution in [0.15, 0.2) is 28.6 Å². The fourth-order valence-corrected chi connectivity index (χ4v) is 4.19. The van der Waals surface area contributed by atoms with E-state index in [4.69, 9.17) is 4.74 Å². The number of hydrogen-bond acceptors (Lipinski definition) is 6. The number of nitrogens with one attached hydrogen (secondary N) is 1. The zero-order valence-corrected chi connectivity index (χ0v) is 14.4. The molecule has 2 rings (SSSR count). The van der Waals surface area contributed by atoms with Crippen molar-refractivity contribution in [1.29, 1.82) is 0 Å². The lowest BCUT2D eigenvalue weighted by Gasteiger charge is -2.24. The molecule has 0 amide bonds. The molecule has 0 radical (unpaired) electrons. The van der Waals surface area contributed by atoms with Crippen LogP contribution >= 0.6 is 23.3 Å². The van der Waals surface area contributed by atoms with Gasteiger partial charge in [0.25, 0.3) is 0 Å². The Kier molecular flexibility index (Phi) is 6.02. The zero-order chi connectivity index (χ0) is 15.2. The molecule has 0 saturated carbocycles. The van der Waals surface area contributed by atoms with E-state index in [2.05, 4.69) is 40.7 Å². The average molecular weight is 323 g/mol. The molecule has 1 heterocycles. The van der Waals surface area contributed by atoms with Crippen molar-refractivity contribution in [1.82, 2.24) is 14.7 Å². The average Bonchev–Trinajstić information content (AvgIpc) is 2.90. The molecule has 2 atom stereocenters. The molecule has 0 aliphatic heterocycles. The first kappa shape index (κ1) is 16.3. The van der Waals surface area contributed by atoms with Gasteiger partial charge in [-0.3, -0.25) is 0 Å². The normalized spacial score (nSPS) is 13.9. The highest BCUT2D eigenvalue weighted by atomic mass is 32.2. The fraction of sp³-hybridized carbons (Fsp3) is 0.467. The standard InChI is InChI=1S/C15H21N3OS2/c1-5-16-14(12-6-8-13(19-4)9-7-12)10(2)20-15-17-11(3)18-21-15/h6-10,14,16H,5H2,1-4H3. The van der Waals surface area contributed by atoms with Crippen LogP contribution in [0.3, 0.4) is 0 Å². The van der Waals surface area contributed by atoms with Crippen LogP contribution in [-0.4, -0.2) is 28.3 Å². The van der Waals surface area contributed by atoms with E-state index >= 15 is 0 Å². The molecular weight excluding hydrogens is 302 g/mol. The van der Waals surface area contributed by atoms with Crippen molar-refractivity contribution in [2.45, 2.75) is 36.4 Å². The van der Waals surface area contributed by atoms with Crippen molar-refractivity contribution in [2.75, 3.05) is 13.7 Å². The van der Waals surface area contributed by atoms with Crippen molar-refractivity contribution in [3.05, 3.63) is 35.7 Å². The summed E-state index contributed by atoms with van der Waals surface area (Å²) in [5.74, 6) is 1.73. The Morgan fingerprint density at radius 1 is 1.33 bits per heavy atom. The van der Waals surface area contributed by atoms with Crippen LogP contribution in [0.4, 0.5) is 0 Å². The predicted molar refractivity (Wildman–Crippen MR) is 89.4 cm³/mol. The van der Waals surface area contributed by atoms with Gasteiger partial charge >= 0.3 is 0 Å². The van der Waals surface area contributed by atoms with Gasteiger partial charge < -0.3 is 10.1 Å². The maximum absolute atomic E-state index is 5.23. The number of methoxy groups -OCH3 is 1. The number of rotatable bonds is 7. The zero-order valence-electron chi connectivity index (χ0n) is 12.8. The second kappa shape index (κ2) is 7.77. The molecular formula is C15H21N3OS2. The molecule has 0 saturated heterocycles. The minimum absolute atomic E-state index is 0.273. The molecule has 2 aromatic rings. The molecule has 1 aromatic carbocycles. The van der Waals surface area contributed by atoms with Crippen molar-refractivity contribution >= 4 is 23.3 Å². The van der Waals surface area contributed by atoms with E-state index in [9.17, 15) is 0 Å². The van der Waals surface area contributed by atoms with Gasteiger partial charge in [-0.25, -0.2) is 4.98 Å². The quantitative estimate of drug-likeness (QED) is 0.788. The first-order chi connectivity index (χ1) is 10.1. The van der Waals surface area contributed by atoms with Gasteiger partial charge in [0.15, 0.2) is 4.34 Å². The summed E-state index contributed by atoms with van der Waals surface area (Å²) in [6.45, 7) is 7.20. The van der Waals surface area contributed by atoms with Crippen molar-refractivity contribution < 1.29 is 4.74 Å². The van der Waals surface area contributed by atoms with E-state index in [0.717, 1.165) is 22.5 Å². The lowest BCUT2D eigenvalue weighted by Crippen LogP contribution is -2.28. The number of hydrogen-bond donors (Lipinski definition) is 1. The summed E-state index contributed by atoms with van der Waals surface area (Å²) in [5.41, 5.74) is 1.26. The van der Waals surface area contributed by atoms with Crippen molar-refractivity contribution in [2.24, 2.45) is 0 Å². The molecule has 114 valence electrons. The first-order valence-electron chi connectivity index (χ1n) is 6.98. The number of aryl methyl sites for hydroxylation is 1. The van der Waals surface area contributed by atoms with Gasteiger partial charge in [0.1, 0.15) is 11.6 Å². The number of ether oxygens (including phenoxy) is 1. The van der Waals surface area contributed by atoms with Gasteiger partial charge in [0.2, 0.25) is 0 Å². The molecule has 0 aliphatic carbocycles. The summed E-state index contributed by atoms with van der Waals surface area (Å²) in [6.07, 6.45) is 0. The second-order valence-electron chi connectivity index (χ2n) is 4.74. The summed E-state index contributed by atoms with van der Waals surface area (Å²) >= 11 is 3.24. The van der Waals surface area contributed by atoms with Crippen LogP contribution < -0.4 is 10.1 Å². The van der Waals surface area contributed by atoms with Gasteiger partial charge in [0.05, 0.1) is 7.11 Å². The lowest BCUT2D eigenvalue weighted by atomic mass is 10.0. The van der Waals surface area contributed by atoms with Crippen LogP contribution in [0.1, 0.15) is 31.3 Å². The molecule has 21 heavy (non-hydrogen) atoms. The summed E-state index contributed by atoms with van der Waals surface area (Å²) < 4.78 is 10.5. The molecule has 0 bridgehead atoms. The van der Waals surface area contributed by atoms with Crippen LogP contribution in [0.5, 0.6) is 5.75 Å². The number of nitrogens with zero attached hydrogens (tertiary/aromatic N) is 2. The van der Waals surface area contributed by atoms with Gasteiger partial charge in [-0.1, -0.05) is 37.7 Å². The van der Waals surface area contributed by atoms with E-state index < -0.39 is 0 Å². The SMILES string of the molecule is CCNC(c1ccc(OC)cc1)C(C)Sc1nc(C)ns1. The summed E-state index contributed by atoms with van der Waals surface area (Å²) in [6, 6.07) is 8.52. The smallest absolute Gasteiger partial charge is 0.170 e. The highest BCUT2D eigenvalue weighted by Crippen LogP contribution is 2.33. The van der Waals surface area contributed by atoms with Crippen molar-refractivity contribution in [3.63, 3.8) is 0 Å². The number of benzene rings is 1. The highest BCUT2D eigenvalue weighted by molar-refractivity contribution is 8.01. The van der Waals surface area contributed by atoms with E-state index in [-0.39, 0.29) is 6.04 Å². The molecule has 1 aromatic heterocycles. The summed E-state index contributed by atoms with van der Waals surface area (Å²) in [5, 5.41) is 3.92. The molecule has 1 N–H and O–H groups in total. The third-order valence-corrected chi connectivity index (χ3v) is 5.22. The fourth-order valence-electron chi connectivity index (χ4n) is 2.14. The maximum atomic E-state index is 5.23. The Balaban J connectivity index is 2.12. The third-order valence-electron chi connectivity index (χ3n) is 3.16. The maximum Gasteiger partial charge on any atom is 0.170 e. The molecule has 0 fully saturated rings. The number of thioether (sulfide) groups is 1. The van der Waals surface area contributed by atoms with E-state index in [0.29, 0.717) is 5.25 Å². The van der Waals surface area contributed by atoms with Gasteiger partial charge in [0, 0.05) is 11.3 Å². The Labute approximate surface area is 134 Å². The van der Waals surface area contributed by atoms with Crippen LogP contribution in [-0.2, 0) is 0 Å². The largest absolute Gasteiger partial charge is 0.497 e. The van der Waals surface area contributed by atoms with E-state index in [1.165, 1.54) is 17.1 Å². The minimum Gasteiger partial charge on any atom is -0.497 e. The van der Waals surface area contributed by atoms with Crippen LogP contribution in [0, 0.1) is 6.92 Å². The van der Waals surface area contributed by atoms with E-state index in [1.54, 1.807) is 18.9 Å². The molecule has 6 heteroatoms. The predicted octanol–water partition coefficient (Wildman–Crippen LogP) is 3.69. The van der Waals surface area contributed by atoms with Crippen LogP contribution in [0.2, 0.25) is 0 Å². The van der Waals surface area contributed by atoms with Gasteiger partial charge in [-0.2, -0.15) is 4.37 Å². The number of aromatic nitrogens is 2.